The molecule has 12 nitrogen and oxygen atoms in total. The van der Waals surface area contributed by atoms with E-state index in [1.165, 1.54) is 4.90 Å². The molecule has 2 atom stereocenters. The van der Waals surface area contributed by atoms with Crippen LogP contribution in [0, 0.1) is 0 Å². The number of aryl methyl sites for hydroxylation is 1. The lowest BCUT2D eigenvalue weighted by atomic mass is 9.85. The number of carbonyl (C=O) groups excluding carboxylic acids is 5. The second-order valence-electron chi connectivity index (χ2n) is 11.5. The lowest BCUT2D eigenvalue weighted by molar-refractivity contribution is -0.192. The number of rotatable bonds is 13. The monoisotopic (exact) mass is 662 g/mol. The van der Waals surface area contributed by atoms with Crippen LogP contribution in [0.1, 0.15) is 61.0 Å². The minimum Gasteiger partial charge on any atom is -0.475 e. The Labute approximate surface area is 268 Å². The predicted octanol–water partition coefficient (Wildman–Crippen LogP) is 2.76. The van der Waals surface area contributed by atoms with Crippen molar-refractivity contribution < 1.29 is 51.8 Å². The highest BCUT2D eigenvalue weighted by Crippen LogP contribution is 2.44. The highest BCUT2D eigenvalue weighted by atomic mass is 19.4. The van der Waals surface area contributed by atoms with E-state index in [0.29, 0.717) is 41.6 Å². The summed E-state index contributed by atoms with van der Waals surface area (Å²) in [5, 5.41) is 12.8. The summed E-state index contributed by atoms with van der Waals surface area (Å²) in [6.45, 7) is 3.93. The van der Waals surface area contributed by atoms with Gasteiger partial charge in [-0.1, -0.05) is 24.6 Å². The van der Waals surface area contributed by atoms with Gasteiger partial charge in [0.2, 0.25) is 0 Å². The Morgan fingerprint density at radius 3 is 2.26 bits per heavy atom. The molecule has 2 aromatic carbocycles. The molecular weight excluding hydrogens is 625 g/mol. The van der Waals surface area contributed by atoms with Crippen LogP contribution in [-0.4, -0.2) is 77.9 Å². The van der Waals surface area contributed by atoms with Crippen LogP contribution in [0.25, 0.3) is 0 Å². The Morgan fingerprint density at radius 2 is 1.70 bits per heavy atom. The number of nitrogens with two attached hydrogens (primary N) is 1. The molecule has 0 radical (unpaired) electrons. The van der Waals surface area contributed by atoms with Gasteiger partial charge >= 0.3 is 18.1 Å². The summed E-state index contributed by atoms with van der Waals surface area (Å²) in [4.78, 5) is 72.6. The molecule has 2 aromatic rings. The van der Waals surface area contributed by atoms with Crippen LogP contribution in [0.15, 0.2) is 42.5 Å². The van der Waals surface area contributed by atoms with E-state index in [-0.39, 0.29) is 31.2 Å². The highest BCUT2D eigenvalue weighted by Gasteiger charge is 2.72. The number of hydrogen-bond donors (Lipinski definition) is 4. The first-order valence-electron chi connectivity index (χ1n) is 14.9. The van der Waals surface area contributed by atoms with Gasteiger partial charge in [0.15, 0.2) is 0 Å². The third-order valence-corrected chi connectivity index (χ3v) is 7.71. The molecule has 0 aliphatic carbocycles. The standard InChI is InChI=1S/C30H36N4O6.C2HF3O2/c1-20(2)40-28(39)30(29(19-36,33-30)13-15-35)17-22-7-10-23(11-8-22)34-25-12-9-21(6-4-3-5-14-31)16-24(25)27(38)32-18-26(34)37;3-2(4,5)1(6)7/h7-12,15-16,19-20,33H,3-6,13-14,17-18,31H2,1-2H3,(H,32,38);(H,6,7)/t29?,30-;/m0./s1. The number of ether oxygens (including phenoxy) is 1. The molecule has 2 amide bonds. The number of carboxylic acid groups (broad SMARTS) is 1. The summed E-state index contributed by atoms with van der Waals surface area (Å²) >= 11 is 0. The molecule has 1 saturated heterocycles. The fourth-order valence-electron chi connectivity index (χ4n) is 5.29. The molecule has 0 aromatic heterocycles. The largest absolute Gasteiger partial charge is 0.490 e. The number of halogens is 3. The van der Waals surface area contributed by atoms with Crippen LogP contribution < -0.4 is 21.3 Å². The summed E-state index contributed by atoms with van der Waals surface area (Å²) in [6.07, 6.45) is -0.587. The molecular formula is C32H37F3N4O8. The molecule has 0 spiro atoms. The SMILES string of the molecule is CC(C)OC(=O)[C@]1(Cc2ccc(N3C(=O)CNC(=O)c4cc(CCCCCN)ccc43)cc2)NC1(C=O)CC=O.O=C(O)C(F)(F)F. The average molecular weight is 663 g/mol. The van der Waals surface area contributed by atoms with Crippen LogP contribution in [0.2, 0.25) is 0 Å². The first-order chi connectivity index (χ1) is 22.1. The Kier molecular flexibility index (Phi) is 12.0. The van der Waals surface area contributed by atoms with E-state index in [0.717, 1.165) is 31.2 Å². The Balaban J connectivity index is 0.000000771. The van der Waals surface area contributed by atoms with Crippen molar-refractivity contribution in [1.82, 2.24) is 10.6 Å². The predicted molar refractivity (Wildman–Crippen MR) is 163 cm³/mol. The maximum absolute atomic E-state index is 13.1. The Hall–Kier alpha value is -4.63. The number of carbonyl (C=O) groups is 6. The fraction of sp³-hybridized carbons (Fsp3) is 0.438. The number of aliphatic carboxylic acids is 1. The maximum Gasteiger partial charge on any atom is 0.490 e. The van der Waals surface area contributed by atoms with Crippen LogP contribution >= 0.6 is 0 Å². The summed E-state index contributed by atoms with van der Waals surface area (Å²) in [5.41, 5.74) is 6.09. The van der Waals surface area contributed by atoms with Crippen LogP contribution in [0.5, 0.6) is 0 Å². The van der Waals surface area contributed by atoms with Gasteiger partial charge in [0.25, 0.3) is 11.8 Å². The zero-order valence-corrected chi connectivity index (χ0v) is 25.9. The summed E-state index contributed by atoms with van der Waals surface area (Å²) in [5.74, 6) is -3.95. The molecule has 2 aliphatic rings. The maximum atomic E-state index is 13.1. The van der Waals surface area contributed by atoms with Crippen molar-refractivity contribution in [3.05, 3.63) is 59.2 Å². The van der Waals surface area contributed by atoms with Gasteiger partial charge in [-0.2, -0.15) is 13.2 Å². The molecule has 4 rings (SSSR count). The van der Waals surface area contributed by atoms with Crippen molar-refractivity contribution in [2.75, 3.05) is 18.0 Å². The topological polar surface area (TPSA) is 195 Å². The van der Waals surface area contributed by atoms with Crippen LogP contribution in [-0.2, 0) is 41.6 Å². The summed E-state index contributed by atoms with van der Waals surface area (Å²) in [6, 6.07) is 12.6. The Bertz CT molecular complexity index is 1500. The zero-order chi connectivity index (χ0) is 35.0. The number of nitrogens with one attached hydrogen (secondary N) is 2. The molecule has 1 unspecified atom stereocenters. The number of hydrogen-bond acceptors (Lipinski definition) is 9. The number of carboxylic acids is 1. The molecule has 0 saturated carbocycles. The van der Waals surface area contributed by atoms with Crippen LogP contribution in [0.4, 0.5) is 24.5 Å². The number of nitrogens with zero attached hydrogens (tertiary/aromatic N) is 1. The van der Waals surface area contributed by atoms with E-state index in [1.54, 1.807) is 44.2 Å². The third kappa shape index (κ3) is 8.60. The van der Waals surface area contributed by atoms with Gasteiger partial charge in [0, 0.05) is 18.5 Å². The first-order valence-corrected chi connectivity index (χ1v) is 14.9. The number of alkyl halides is 3. The van der Waals surface area contributed by atoms with Gasteiger partial charge in [0.05, 0.1) is 23.9 Å². The van der Waals surface area contributed by atoms with Crippen molar-refractivity contribution in [1.29, 1.82) is 0 Å². The Morgan fingerprint density at radius 1 is 1.06 bits per heavy atom. The second-order valence-corrected chi connectivity index (χ2v) is 11.5. The summed E-state index contributed by atoms with van der Waals surface area (Å²) < 4.78 is 37.2. The molecule has 0 bridgehead atoms. The van der Waals surface area contributed by atoms with E-state index >= 15 is 0 Å². The zero-order valence-electron chi connectivity index (χ0n) is 25.9. The third-order valence-electron chi connectivity index (χ3n) is 7.71. The molecule has 1 fully saturated rings. The van der Waals surface area contributed by atoms with Crippen molar-refractivity contribution in [2.24, 2.45) is 5.73 Å². The molecule has 2 aliphatic heterocycles. The number of anilines is 2. The van der Waals surface area contributed by atoms with Gasteiger partial charge in [0.1, 0.15) is 23.7 Å². The number of unbranched alkanes of at least 4 members (excludes halogenated alkanes) is 2. The van der Waals surface area contributed by atoms with Crippen molar-refractivity contribution in [2.45, 2.75) is 75.7 Å². The minimum absolute atomic E-state index is 0.115. The number of fused-ring (bicyclic) bond motifs is 1. The molecule has 254 valence electrons. The van der Waals surface area contributed by atoms with Gasteiger partial charge in [-0.25, -0.2) is 9.59 Å². The normalized spacial score (nSPS) is 20.3. The van der Waals surface area contributed by atoms with Crippen molar-refractivity contribution in [3.63, 3.8) is 0 Å². The van der Waals surface area contributed by atoms with E-state index in [4.69, 9.17) is 20.4 Å². The number of benzene rings is 2. The molecule has 15 heteroatoms. The van der Waals surface area contributed by atoms with Crippen LogP contribution in [0.3, 0.4) is 0 Å². The smallest absolute Gasteiger partial charge is 0.475 e. The van der Waals surface area contributed by atoms with E-state index in [1.807, 2.05) is 12.1 Å². The highest BCUT2D eigenvalue weighted by molar-refractivity contribution is 6.13. The number of aldehydes is 2. The van der Waals surface area contributed by atoms with Gasteiger partial charge in [-0.05, 0) is 75.0 Å². The lowest BCUT2D eigenvalue weighted by Gasteiger charge is -2.23. The molecule has 2 heterocycles. The van der Waals surface area contributed by atoms with Gasteiger partial charge in [-0.3, -0.25) is 19.8 Å². The quantitative estimate of drug-likeness (QED) is 0.107. The van der Waals surface area contributed by atoms with Gasteiger partial charge in [-0.15, -0.1) is 0 Å². The fourth-order valence-corrected chi connectivity index (χ4v) is 5.29. The van der Waals surface area contributed by atoms with Gasteiger partial charge < -0.3 is 30.5 Å². The number of esters is 1. The first kappa shape index (κ1) is 36.8. The van der Waals surface area contributed by atoms with E-state index in [9.17, 15) is 37.1 Å². The molecule has 47 heavy (non-hydrogen) atoms. The van der Waals surface area contributed by atoms with E-state index in [2.05, 4.69) is 10.6 Å². The van der Waals surface area contributed by atoms with Crippen molar-refractivity contribution >= 4 is 47.7 Å². The average Bonchev–Trinajstić information content (AvgIpc) is 3.69. The minimum atomic E-state index is -5.08. The van der Waals surface area contributed by atoms with E-state index < -0.39 is 35.3 Å². The number of amides is 2. The summed E-state index contributed by atoms with van der Waals surface area (Å²) in [7, 11) is 0. The second kappa shape index (κ2) is 15.3. The molecule has 5 N–H and O–H groups in total. The lowest BCUT2D eigenvalue weighted by Crippen LogP contribution is -2.40. The van der Waals surface area contributed by atoms with Crippen molar-refractivity contribution in [3.8, 4) is 0 Å².